The number of benzene rings is 1. The first-order valence-corrected chi connectivity index (χ1v) is 27.3. The number of esters is 1. The van der Waals surface area contributed by atoms with Gasteiger partial charge in [-0.3, -0.25) is 13.7 Å². The number of halogens is 8. The molecule has 0 amide bonds. The zero-order valence-corrected chi connectivity index (χ0v) is 38.5. The number of nitrogens with zero attached hydrogens (tertiary/aromatic N) is 1. The summed E-state index contributed by atoms with van der Waals surface area (Å²) in [5.74, 6) is -6.61. The number of ether oxygens (including phenoxy) is 1. The third-order valence-corrected chi connectivity index (χ3v) is 18.3. The zero-order chi connectivity index (χ0) is 48.7. The van der Waals surface area contributed by atoms with E-state index in [0.29, 0.717) is 30.1 Å². The molecule has 0 unspecified atom stereocenters. The van der Waals surface area contributed by atoms with Gasteiger partial charge >= 0.3 is 47.9 Å². The molecule has 0 atom stereocenters. The van der Waals surface area contributed by atoms with Crippen molar-refractivity contribution in [1.82, 2.24) is 4.31 Å². The summed E-state index contributed by atoms with van der Waals surface area (Å²) >= 11 is 0. The van der Waals surface area contributed by atoms with E-state index in [4.69, 9.17) is 9.11 Å². The molecule has 0 radical (unpaired) electrons. The Hall–Kier alpha value is -2.23. The standard InChI is InChI=1S/C18H26O3S.C13H18F2O5S.C8H11F6NO5S2/c19-22(20,21)18-13-16(14-7-3-1-4-8-14)11-12-17(18)15-9-5-2-6-10-15;14-13(15,21(17,18)19)11(16)20-7-12-4-8-1-9(5-12)3-10(2-8)6-12;9-6(10,8(13,14)22(18,19)20)7(11,12)21(16,17)15-4-2-1-3-5-15/h11-15H,1-10H2,(H,19,20,21);8-10H,1-7H2,(H,17,18,19);1-5H2,(H,18,19,20). The first kappa shape index (κ1) is 53.7. The lowest BCUT2D eigenvalue weighted by Gasteiger charge is -2.56. The minimum Gasteiger partial charge on any atom is -0.460 e. The van der Waals surface area contributed by atoms with Gasteiger partial charge in [-0.05, 0) is 124 Å². The van der Waals surface area contributed by atoms with Crippen LogP contribution in [0.15, 0.2) is 23.1 Å². The van der Waals surface area contributed by atoms with Crippen molar-refractivity contribution in [3.63, 3.8) is 0 Å². The number of carbonyl (C=O) groups is 1. The maximum absolute atomic E-state index is 13.6. The van der Waals surface area contributed by atoms with Gasteiger partial charge in [0.25, 0.3) is 20.1 Å². The molecule has 1 aromatic carbocycles. The molecule has 1 saturated heterocycles. The summed E-state index contributed by atoms with van der Waals surface area (Å²) in [6.45, 7) is -1.36. The van der Waals surface area contributed by atoms with E-state index in [1.807, 2.05) is 6.07 Å². The van der Waals surface area contributed by atoms with Gasteiger partial charge in [-0.1, -0.05) is 57.1 Å². The topological polar surface area (TPSA) is 227 Å². The number of carbonyl (C=O) groups excluding carboxylic acids is 1. The van der Waals surface area contributed by atoms with Crippen LogP contribution in [0.5, 0.6) is 0 Å². The largest absolute Gasteiger partial charge is 0.465 e. The number of sulfonamides is 1. The summed E-state index contributed by atoms with van der Waals surface area (Å²) in [6, 6.07) is 5.84. The highest BCUT2D eigenvalue weighted by Crippen LogP contribution is 2.60. The maximum Gasteiger partial charge on any atom is 0.465 e. The van der Waals surface area contributed by atoms with Crippen LogP contribution in [0.25, 0.3) is 0 Å². The highest BCUT2D eigenvalue weighted by Gasteiger charge is 2.82. The van der Waals surface area contributed by atoms with Crippen LogP contribution in [0.2, 0.25) is 0 Å². The Morgan fingerprint density at radius 2 is 1.08 bits per heavy atom. The van der Waals surface area contributed by atoms with Crippen molar-refractivity contribution >= 4 is 46.3 Å². The van der Waals surface area contributed by atoms with E-state index in [2.05, 4.69) is 10.8 Å². The summed E-state index contributed by atoms with van der Waals surface area (Å²) in [4.78, 5) is 11.5. The van der Waals surface area contributed by atoms with Crippen molar-refractivity contribution in [3.8, 4) is 0 Å². The smallest absolute Gasteiger partial charge is 0.460 e. The van der Waals surface area contributed by atoms with Crippen molar-refractivity contribution < 1.29 is 92.0 Å². The van der Waals surface area contributed by atoms with Crippen LogP contribution in [0.3, 0.4) is 0 Å². The van der Waals surface area contributed by atoms with Crippen LogP contribution < -0.4 is 0 Å². The zero-order valence-electron chi connectivity index (χ0n) is 35.2. The Bertz CT molecular complexity index is 2280. The minimum atomic E-state index is -6.98. The molecule has 14 nitrogen and oxygen atoms in total. The van der Waals surface area contributed by atoms with Gasteiger partial charge in [-0.25, -0.2) is 13.2 Å². The van der Waals surface area contributed by atoms with Gasteiger partial charge < -0.3 is 4.74 Å². The van der Waals surface area contributed by atoms with E-state index in [-0.39, 0.29) is 40.0 Å². The fourth-order valence-corrected chi connectivity index (χ4v) is 14.0. The molecule has 0 aromatic heterocycles. The van der Waals surface area contributed by atoms with Crippen molar-refractivity contribution in [2.45, 2.75) is 160 Å². The van der Waals surface area contributed by atoms with Crippen LogP contribution in [0.1, 0.15) is 145 Å². The Labute approximate surface area is 373 Å². The SMILES string of the molecule is O=C(OCC12CC3CC(CC(C3)C1)C2)C(F)(F)S(=O)(=O)O.O=S(=O)(O)C(F)(F)C(F)(F)C(F)(F)S(=O)(=O)N1CCCCC1.O=S(=O)(O)c1cc(C2CCCCC2)ccc1C1CCCCC1. The van der Waals surface area contributed by atoms with Crippen molar-refractivity contribution in [3.05, 3.63) is 29.3 Å². The number of hydrogen-bond donors (Lipinski definition) is 3. The summed E-state index contributed by atoms with van der Waals surface area (Å²) < 4.78 is 225. The number of rotatable bonds is 12. The van der Waals surface area contributed by atoms with Crippen LogP contribution in [0, 0.1) is 23.2 Å². The van der Waals surface area contributed by atoms with E-state index in [0.717, 1.165) is 88.2 Å². The molecule has 374 valence electrons. The summed E-state index contributed by atoms with van der Waals surface area (Å²) in [5.41, 5.74) is 1.65. The molecule has 1 aromatic rings. The van der Waals surface area contributed by atoms with E-state index in [1.165, 1.54) is 25.7 Å². The molecule has 4 bridgehead atoms. The third-order valence-electron chi connectivity index (χ3n) is 13.7. The van der Waals surface area contributed by atoms with Crippen LogP contribution >= 0.6 is 0 Å². The molecule has 6 saturated carbocycles. The predicted octanol–water partition coefficient (Wildman–Crippen LogP) is 8.77. The molecule has 7 aliphatic rings. The molecule has 26 heteroatoms. The van der Waals surface area contributed by atoms with Gasteiger partial charge in [0.15, 0.2) is 0 Å². The van der Waals surface area contributed by atoms with Crippen molar-refractivity contribution in [2.75, 3.05) is 19.7 Å². The second kappa shape index (κ2) is 19.6. The summed E-state index contributed by atoms with van der Waals surface area (Å²) in [5, 5.41) is -18.0. The first-order chi connectivity index (χ1) is 29.8. The van der Waals surface area contributed by atoms with Crippen LogP contribution in [-0.2, 0) is 49.9 Å². The van der Waals surface area contributed by atoms with Gasteiger partial charge in [0.05, 0.1) is 11.5 Å². The van der Waals surface area contributed by atoms with Gasteiger partial charge in [-0.2, -0.15) is 64.7 Å². The Morgan fingerprint density at radius 3 is 1.51 bits per heavy atom. The summed E-state index contributed by atoms with van der Waals surface area (Å²) in [7, 11) is -23.2. The fraction of sp³-hybridized carbons (Fsp3) is 0.821. The third kappa shape index (κ3) is 11.5. The number of alkyl halides is 8. The second-order valence-electron chi connectivity index (χ2n) is 18.5. The van der Waals surface area contributed by atoms with Gasteiger partial charge in [0.1, 0.15) is 0 Å². The van der Waals surface area contributed by atoms with Gasteiger partial charge in [-0.15, -0.1) is 0 Å². The molecular weight excluding hydrogens is 971 g/mol. The number of hydrogen-bond acceptors (Lipinski definition) is 10. The van der Waals surface area contributed by atoms with Gasteiger partial charge in [0.2, 0.25) is 0 Å². The second-order valence-corrected chi connectivity index (χ2v) is 24.8. The molecule has 3 N–H and O–H groups in total. The highest BCUT2D eigenvalue weighted by atomic mass is 32.2. The molecule has 8 rings (SSSR count). The lowest BCUT2D eigenvalue weighted by atomic mass is 9.50. The first-order valence-electron chi connectivity index (χ1n) is 21.5. The molecule has 65 heavy (non-hydrogen) atoms. The number of piperidine rings is 1. The average molecular weight is 1030 g/mol. The van der Waals surface area contributed by atoms with E-state index in [9.17, 15) is 78.1 Å². The normalized spacial score (nSPS) is 26.7. The Kier molecular flexibility index (Phi) is 16.2. The lowest BCUT2D eigenvalue weighted by Crippen LogP contribution is -2.63. The molecule has 7 fully saturated rings. The van der Waals surface area contributed by atoms with Crippen molar-refractivity contribution in [2.24, 2.45) is 23.2 Å². The van der Waals surface area contributed by atoms with Crippen LogP contribution in [-0.4, -0.2) is 99.0 Å². The Balaban J connectivity index is 0.000000183. The highest BCUT2D eigenvalue weighted by molar-refractivity contribution is 7.90. The molecule has 0 spiro atoms. The fourth-order valence-electron chi connectivity index (χ4n) is 10.9. The van der Waals surface area contributed by atoms with Crippen molar-refractivity contribution in [1.29, 1.82) is 0 Å². The molecule has 6 aliphatic carbocycles. The monoisotopic (exact) mass is 1030 g/mol. The molecule has 1 heterocycles. The Morgan fingerprint density at radius 1 is 0.631 bits per heavy atom. The van der Waals surface area contributed by atoms with E-state index < -0.39 is 81.1 Å². The maximum atomic E-state index is 13.6. The van der Waals surface area contributed by atoms with Crippen LogP contribution in [0.4, 0.5) is 35.1 Å². The van der Waals surface area contributed by atoms with E-state index >= 15 is 0 Å². The quantitative estimate of drug-likeness (QED) is 0.101. The van der Waals surface area contributed by atoms with E-state index in [1.54, 1.807) is 6.07 Å². The van der Waals surface area contributed by atoms with Gasteiger partial charge in [0, 0.05) is 18.5 Å². The predicted molar refractivity (Wildman–Crippen MR) is 217 cm³/mol. The molecular formula is C39H55F8NO13S4. The summed E-state index contributed by atoms with van der Waals surface area (Å²) in [6.07, 6.45) is 18.2. The lowest BCUT2D eigenvalue weighted by molar-refractivity contribution is -0.246. The average Bonchev–Trinajstić information content (AvgIpc) is 3.22. The minimum absolute atomic E-state index is 0.0512. The molecule has 1 aliphatic heterocycles.